The highest BCUT2D eigenvalue weighted by molar-refractivity contribution is 6.25. The second-order valence-electron chi connectivity index (χ2n) is 7.43. The summed E-state index contributed by atoms with van der Waals surface area (Å²) in [4.78, 5) is 8.85. The number of halogens is 3. The quantitative estimate of drug-likeness (QED) is 0.479. The number of nitrogens with zero attached hydrogens (tertiary/aromatic N) is 3. The van der Waals surface area contributed by atoms with Crippen LogP contribution in [-0.2, 0) is 0 Å². The maximum atomic E-state index is 13.0. The fourth-order valence-electron chi connectivity index (χ4n) is 3.72. The first-order valence-electron chi connectivity index (χ1n) is 9.86. The molecule has 2 aromatic rings. The average molecular weight is 427 g/mol. The minimum Gasteiger partial charge on any atom is -0.334 e. The highest BCUT2D eigenvalue weighted by Gasteiger charge is 2.31. The zero-order chi connectivity index (χ0) is 22.8. The molecule has 4 nitrogen and oxygen atoms in total. The number of aliphatic imine (C=N–C) groups is 1. The summed E-state index contributed by atoms with van der Waals surface area (Å²) in [6.45, 7) is 11.9. The Bertz CT molecular complexity index is 1130. The maximum absolute atomic E-state index is 13.0. The SMILES string of the molecule is C=C/C=C(CC(F)(F)F)\C(=C/C)c1noc(-c2ccc(C3=C(C)CN=C3C)c(C)c2)n1. The van der Waals surface area contributed by atoms with Crippen molar-refractivity contribution in [1.82, 2.24) is 10.1 Å². The van der Waals surface area contributed by atoms with Gasteiger partial charge in [-0.15, -0.1) is 0 Å². The van der Waals surface area contributed by atoms with Gasteiger partial charge in [-0.25, -0.2) is 0 Å². The molecule has 0 atom stereocenters. The van der Waals surface area contributed by atoms with Crippen LogP contribution in [-0.4, -0.2) is 28.6 Å². The molecule has 0 unspecified atom stereocenters. The molecule has 0 amide bonds. The molecular formula is C24H24F3N3O. The largest absolute Gasteiger partial charge is 0.393 e. The van der Waals surface area contributed by atoms with Gasteiger partial charge in [0.15, 0.2) is 0 Å². The van der Waals surface area contributed by atoms with E-state index < -0.39 is 12.6 Å². The number of aromatic nitrogens is 2. The predicted octanol–water partition coefficient (Wildman–Crippen LogP) is 6.76. The van der Waals surface area contributed by atoms with Crippen molar-refractivity contribution in [2.75, 3.05) is 6.54 Å². The van der Waals surface area contributed by atoms with Crippen LogP contribution < -0.4 is 0 Å². The maximum Gasteiger partial charge on any atom is 0.393 e. The minimum atomic E-state index is -4.36. The van der Waals surface area contributed by atoms with Crippen LogP contribution in [0.4, 0.5) is 13.2 Å². The Kier molecular flexibility index (Phi) is 6.43. The van der Waals surface area contributed by atoms with Crippen molar-refractivity contribution in [3.8, 4) is 11.5 Å². The van der Waals surface area contributed by atoms with Crippen molar-refractivity contribution >= 4 is 16.9 Å². The van der Waals surface area contributed by atoms with E-state index in [0.717, 1.165) is 22.4 Å². The van der Waals surface area contributed by atoms with Gasteiger partial charge in [-0.3, -0.25) is 4.99 Å². The Balaban J connectivity index is 1.94. The summed E-state index contributed by atoms with van der Waals surface area (Å²) >= 11 is 0. The molecule has 3 rings (SSSR count). The summed E-state index contributed by atoms with van der Waals surface area (Å²) in [5.41, 5.74) is 6.49. The molecule has 0 radical (unpaired) electrons. The third-order valence-corrected chi connectivity index (χ3v) is 5.10. The van der Waals surface area contributed by atoms with Crippen molar-refractivity contribution in [2.24, 2.45) is 4.99 Å². The fraction of sp³-hybridized carbons (Fsp3) is 0.292. The topological polar surface area (TPSA) is 51.3 Å². The second-order valence-corrected chi connectivity index (χ2v) is 7.43. The summed E-state index contributed by atoms with van der Waals surface area (Å²) in [5.74, 6) is 0.352. The van der Waals surface area contributed by atoms with Crippen molar-refractivity contribution in [3.05, 3.63) is 71.1 Å². The van der Waals surface area contributed by atoms with E-state index in [1.807, 2.05) is 32.0 Å². The van der Waals surface area contributed by atoms with Gasteiger partial charge in [0.25, 0.3) is 5.89 Å². The lowest BCUT2D eigenvalue weighted by Crippen LogP contribution is -2.10. The molecule has 0 N–H and O–H groups in total. The minimum absolute atomic E-state index is 0.0299. The highest BCUT2D eigenvalue weighted by atomic mass is 19.4. The molecule has 0 saturated carbocycles. The lowest BCUT2D eigenvalue weighted by atomic mass is 9.93. The first-order chi connectivity index (χ1) is 14.6. The molecule has 1 aliphatic heterocycles. The van der Waals surface area contributed by atoms with Crippen LogP contribution >= 0.6 is 0 Å². The average Bonchev–Trinajstić information content (AvgIpc) is 3.29. The van der Waals surface area contributed by atoms with Crippen LogP contribution in [0, 0.1) is 6.92 Å². The Morgan fingerprint density at radius 3 is 2.52 bits per heavy atom. The van der Waals surface area contributed by atoms with E-state index >= 15 is 0 Å². The summed E-state index contributed by atoms with van der Waals surface area (Å²) in [6, 6.07) is 5.79. The summed E-state index contributed by atoms with van der Waals surface area (Å²) in [5, 5.41) is 3.93. The van der Waals surface area contributed by atoms with Crippen molar-refractivity contribution in [2.45, 2.75) is 40.3 Å². The van der Waals surface area contributed by atoms with Gasteiger partial charge in [-0.05, 0) is 62.1 Å². The molecule has 0 aliphatic carbocycles. The molecule has 162 valence electrons. The molecule has 31 heavy (non-hydrogen) atoms. The van der Waals surface area contributed by atoms with E-state index in [-0.39, 0.29) is 22.9 Å². The van der Waals surface area contributed by atoms with Crippen molar-refractivity contribution < 1.29 is 17.7 Å². The highest BCUT2D eigenvalue weighted by Crippen LogP contribution is 2.34. The molecule has 1 aliphatic rings. The molecule has 0 fully saturated rings. The third kappa shape index (κ3) is 4.93. The predicted molar refractivity (Wildman–Crippen MR) is 118 cm³/mol. The smallest absolute Gasteiger partial charge is 0.334 e. The number of hydrogen-bond acceptors (Lipinski definition) is 4. The molecule has 0 bridgehead atoms. The van der Waals surface area contributed by atoms with Crippen LogP contribution in [0.3, 0.4) is 0 Å². The molecular weight excluding hydrogens is 403 g/mol. The zero-order valence-electron chi connectivity index (χ0n) is 18.0. The van der Waals surface area contributed by atoms with E-state index in [0.29, 0.717) is 12.1 Å². The molecule has 0 saturated heterocycles. The van der Waals surface area contributed by atoms with Gasteiger partial charge < -0.3 is 4.52 Å². The first-order valence-corrected chi connectivity index (χ1v) is 9.86. The van der Waals surface area contributed by atoms with Gasteiger partial charge in [0.05, 0.1) is 13.0 Å². The monoisotopic (exact) mass is 427 g/mol. The fourth-order valence-corrected chi connectivity index (χ4v) is 3.72. The summed E-state index contributed by atoms with van der Waals surface area (Å²) < 4.78 is 44.4. The van der Waals surface area contributed by atoms with E-state index in [1.165, 1.54) is 17.7 Å². The second kappa shape index (κ2) is 8.88. The van der Waals surface area contributed by atoms with E-state index in [2.05, 4.69) is 28.6 Å². The van der Waals surface area contributed by atoms with E-state index in [9.17, 15) is 13.2 Å². The van der Waals surface area contributed by atoms with Crippen LogP contribution in [0.25, 0.3) is 22.6 Å². The Morgan fingerprint density at radius 1 is 1.23 bits per heavy atom. The number of aryl methyl sites for hydroxylation is 1. The van der Waals surface area contributed by atoms with Gasteiger partial charge in [0.1, 0.15) is 0 Å². The van der Waals surface area contributed by atoms with Crippen LogP contribution in [0.5, 0.6) is 0 Å². The van der Waals surface area contributed by atoms with Gasteiger partial charge in [0, 0.05) is 22.4 Å². The summed E-state index contributed by atoms with van der Waals surface area (Å²) in [7, 11) is 0. The third-order valence-electron chi connectivity index (χ3n) is 5.10. The first kappa shape index (κ1) is 22.5. The number of benzene rings is 1. The van der Waals surface area contributed by atoms with E-state index in [1.54, 1.807) is 13.0 Å². The van der Waals surface area contributed by atoms with Gasteiger partial charge in [0.2, 0.25) is 5.82 Å². The number of rotatable bonds is 6. The lowest BCUT2D eigenvalue weighted by molar-refractivity contribution is -0.126. The van der Waals surface area contributed by atoms with Gasteiger partial charge in [-0.1, -0.05) is 36.0 Å². The summed E-state index contributed by atoms with van der Waals surface area (Å²) in [6.07, 6.45) is -1.29. The Morgan fingerprint density at radius 2 is 1.97 bits per heavy atom. The van der Waals surface area contributed by atoms with Crippen LogP contribution in [0.15, 0.2) is 63.7 Å². The Labute approximate surface area is 179 Å². The number of allylic oxidation sites excluding steroid dienone is 6. The normalized spacial score (nSPS) is 15.5. The van der Waals surface area contributed by atoms with E-state index in [4.69, 9.17) is 4.52 Å². The number of alkyl halides is 3. The molecule has 1 aromatic heterocycles. The molecule has 1 aromatic carbocycles. The van der Waals surface area contributed by atoms with Crippen LogP contribution in [0.1, 0.15) is 44.1 Å². The molecule has 0 spiro atoms. The lowest BCUT2D eigenvalue weighted by Gasteiger charge is -2.11. The zero-order valence-corrected chi connectivity index (χ0v) is 18.0. The van der Waals surface area contributed by atoms with Crippen molar-refractivity contribution in [1.29, 1.82) is 0 Å². The van der Waals surface area contributed by atoms with Crippen molar-refractivity contribution in [3.63, 3.8) is 0 Å². The van der Waals surface area contributed by atoms with Crippen LogP contribution in [0.2, 0.25) is 0 Å². The van der Waals surface area contributed by atoms with Gasteiger partial charge >= 0.3 is 6.18 Å². The van der Waals surface area contributed by atoms with Gasteiger partial charge in [-0.2, -0.15) is 18.2 Å². The standard InChI is InChI=1S/C24H24F3N3O/c1-6-8-18(12-24(25,26)27)19(7-2)22-29-23(31-30-22)17-9-10-20(14(3)11-17)21-15(4)13-28-16(21)5/h6-11H,1,12-13H2,2-5H3/b18-8-,19-7+. The Hall–Kier alpha value is -3.22. The molecule has 2 heterocycles. The number of hydrogen-bond donors (Lipinski definition) is 0. The molecule has 7 heteroatoms.